The molecule has 7 nitrogen and oxygen atoms in total. The number of carbonyl (C=O) groups is 2. The molecule has 0 aromatic heterocycles. The van der Waals surface area contributed by atoms with E-state index in [4.69, 9.17) is 21.1 Å². The third kappa shape index (κ3) is 5.53. The van der Waals surface area contributed by atoms with Gasteiger partial charge >= 0.3 is 0 Å². The number of carbonyl (C=O) groups excluding carboxylic acids is 2. The first-order valence-corrected chi connectivity index (χ1v) is 12.3. The molecule has 0 radical (unpaired) electrons. The SMILES string of the molecule is Cc1cc(C(O)=C2C(=O)C(=O)N(CCN3CCOCC3)[C@@H]2c2ccc(Cl)cc2)ccc1OC(C)C. The van der Waals surface area contributed by atoms with Gasteiger partial charge in [0.2, 0.25) is 0 Å². The number of Topliss-reactive ketones (excluding diaryl/α,β-unsaturated/α-hetero) is 1. The van der Waals surface area contributed by atoms with Gasteiger partial charge in [0.1, 0.15) is 11.5 Å². The second-order valence-corrected chi connectivity index (χ2v) is 9.58. The monoisotopic (exact) mass is 498 g/mol. The lowest BCUT2D eigenvalue weighted by Crippen LogP contribution is -2.42. The number of ketones is 1. The molecule has 8 heteroatoms. The Morgan fingerprint density at radius 1 is 1.11 bits per heavy atom. The molecule has 1 amide bonds. The first-order valence-electron chi connectivity index (χ1n) is 11.9. The summed E-state index contributed by atoms with van der Waals surface area (Å²) in [6, 6.07) is 11.6. The second-order valence-electron chi connectivity index (χ2n) is 9.14. The maximum absolute atomic E-state index is 13.2. The van der Waals surface area contributed by atoms with E-state index in [0.717, 1.165) is 18.7 Å². The molecule has 0 bridgehead atoms. The van der Waals surface area contributed by atoms with Crippen LogP contribution in [0, 0.1) is 6.92 Å². The van der Waals surface area contributed by atoms with E-state index in [1.807, 2.05) is 20.8 Å². The number of benzene rings is 2. The van der Waals surface area contributed by atoms with Crippen LogP contribution in [-0.2, 0) is 14.3 Å². The van der Waals surface area contributed by atoms with Gasteiger partial charge in [0.15, 0.2) is 0 Å². The molecule has 2 aromatic rings. The molecule has 0 spiro atoms. The number of halogens is 1. The molecule has 0 saturated carbocycles. The zero-order valence-electron chi connectivity index (χ0n) is 20.3. The van der Waals surface area contributed by atoms with Crippen LogP contribution in [0.15, 0.2) is 48.0 Å². The molecule has 0 unspecified atom stereocenters. The minimum Gasteiger partial charge on any atom is -0.507 e. The van der Waals surface area contributed by atoms with Crippen molar-refractivity contribution in [3.63, 3.8) is 0 Å². The molecular formula is C27H31ClN2O5. The Labute approximate surface area is 210 Å². The van der Waals surface area contributed by atoms with Gasteiger partial charge in [-0.05, 0) is 62.2 Å². The smallest absolute Gasteiger partial charge is 0.295 e. The van der Waals surface area contributed by atoms with E-state index < -0.39 is 17.7 Å². The van der Waals surface area contributed by atoms with Gasteiger partial charge in [-0.15, -0.1) is 0 Å². The van der Waals surface area contributed by atoms with E-state index in [-0.39, 0.29) is 17.4 Å². The zero-order chi connectivity index (χ0) is 25.1. The number of likely N-dealkylation sites (tertiary alicyclic amines) is 1. The average molecular weight is 499 g/mol. The van der Waals surface area contributed by atoms with Crippen LogP contribution in [0.5, 0.6) is 5.75 Å². The summed E-state index contributed by atoms with van der Waals surface area (Å²) in [6.45, 7) is 9.58. The molecule has 2 aromatic carbocycles. The highest BCUT2D eigenvalue weighted by molar-refractivity contribution is 6.46. The molecule has 35 heavy (non-hydrogen) atoms. The molecule has 2 fully saturated rings. The zero-order valence-corrected chi connectivity index (χ0v) is 21.0. The summed E-state index contributed by atoms with van der Waals surface area (Å²) >= 11 is 6.10. The number of rotatable bonds is 7. The Kier molecular flexibility index (Phi) is 7.79. The lowest BCUT2D eigenvalue weighted by molar-refractivity contribution is -0.140. The van der Waals surface area contributed by atoms with Crippen molar-refractivity contribution in [3.8, 4) is 5.75 Å². The van der Waals surface area contributed by atoms with Crippen molar-refractivity contribution in [1.29, 1.82) is 0 Å². The first kappa shape index (κ1) is 25.2. The number of morpholine rings is 1. The summed E-state index contributed by atoms with van der Waals surface area (Å²) < 4.78 is 11.2. The van der Waals surface area contributed by atoms with Gasteiger partial charge in [-0.2, -0.15) is 0 Å². The van der Waals surface area contributed by atoms with Gasteiger partial charge in [0.05, 0.1) is 30.9 Å². The van der Waals surface area contributed by atoms with E-state index in [1.54, 1.807) is 47.4 Å². The van der Waals surface area contributed by atoms with E-state index in [1.165, 1.54) is 0 Å². The van der Waals surface area contributed by atoms with Gasteiger partial charge < -0.3 is 19.5 Å². The molecule has 2 aliphatic rings. The van der Waals surface area contributed by atoms with Gasteiger partial charge in [0, 0.05) is 36.8 Å². The van der Waals surface area contributed by atoms with Gasteiger partial charge in [-0.3, -0.25) is 14.5 Å². The number of ether oxygens (including phenoxy) is 2. The minimum absolute atomic E-state index is 0.00911. The number of amides is 1. The Balaban J connectivity index is 1.72. The van der Waals surface area contributed by atoms with Crippen molar-refractivity contribution in [2.75, 3.05) is 39.4 Å². The largest absolute Gasteiger partial charge is 0.507 e. The molecule has 2 aliphatic heterocycles. The predicted molar refractivity (Wildman–Crippen MR) is 135 cm³/mol. The van der Waals surface area contributed by atoms with E-state index in [9.17, 15) is 14.7 Å². The number of hydrogen-bond acceptors (Lipinski definition) is 6. The first-order chi connectivity index (χ1) is 16.8. The summed E-state index contributed by atoms with van der Waals surface area (Å²) in [4.78, 5) is 30.2. The number of hydrogen-bond donors (Lipinski definition) is 1. The third-order valence-corrected chi connectivity index (χ3v) is 6.55. The molecule has 186 valence electrons. The van der Waals surface area contributed by atoms with Crippen LogP contribution < -0.4 is 4.74 Å². The lowest BCUT2D eigenvalue weighted by Gasteiger charge is -2.31. The molecule has 4 rings (SSSR count). The summed E-state index contributed by atoms with van der Waals surface area (Å²) in [5, 5.41) is 11.9. The number of aliphatic hydroxyl groups is 1. The van der Waals surface area contributed by atoms with E-state index in [0.29, 0.717) is 48.2 Å². The Bertz CT molecular complexity index is 1120. The summed E-state index contributed by atoms with van der Waals surface area (Å²) in [6.07, 6.45) is 0.00911. The maximum atomic E-state index is 13.2. The molecule has 2 saturated heterocycles. The Hall–Kier alpha value is -2.87. The van der Waals surface area contributed by atoms with Crippen LogP contribution in [0.4, 0.5) is 0 Å². The third-order valence-electron chi connectivity index (χ3n) is 6.30. The number of aryl methyl sites for hydroxylation is 1. The highest BCUT2D eigenvalue weighted by Gasteiger charge is 2.46. The van der Waals surface area contributed by atoms with Crippen LogP contribution in [0.25, 0.3) is 5.76 Å². The molecule has 1 N–H and O–H groups in total. The standard InChI is InChI=1S/C27H31ClN2O5/c1-17(2)35-22-9-6-20(16-18(22)3)25(31)23-24(19-4-7-21(28)8-5-19)30(27(33)26(23)32)11-10-29-12-14-34-15-13-29/h4-9,16-17,24,31H,10-15H2,1-3H3/t24-/m1/s1. The van der Waals surface area contributed by atoms with Crippen molar-refractivity contribution in [3.05, 3.63) is 69.8 Å². The summed E-state index contributed by atoms with van der Waals surface area (Å²) in [5.41, 5.74) is 2.08. The van der Waals surface area contributed by atoms with Crippen molar-refractivity contribution >= 4 is 29.1 Å². The molecular weight excluding hydrogens is 468 g/mol. The fourth-order valence-electron chi connectivity index (χ4n) is 4.51. The van der Waals surface area contributed by atoms with Crippen LogP contribution in [0.3, 0.4) is 0 Å². The lowest BCUT2D eigenvalue weighted by atomic mass is 9.95. The normalized spacial score (nSPS) is 20.6. The van der Waals surface area contributed by atoms with E-state index in [2.05, 4.69) is 4.90 Å². The molecule has 1 atom stereocenters. The number of nitrogens with zero attached hydrogens (tertiary/aromatic N) is 2. The van der Waals surface area contributed by atoms with Crippen LogP contribution in [0.1, 0.15) is 36.6 Å². The van der Waals surface area contributed by atoms with Crippen molar-refractivity contribution in [1.82, 2.24) is 9.80 Å². The van der Waals surface area contributed by atoms with Gasteiger partial charge in [0.25, 0.3) is 11.7 Å². The predicted octanol–water partition coefficient (Wildman–Crippen LogP) is 4.19. The fraction of sp³-hybridized carbons (Fsp3) is 0.407. The van der Waals surface area contributed by atoms with Crippen molar-refractivity contribution in [2.24, 2.45) is 0 Å². The molecule has 0 aliphatic carbocycles. The number of aliphatic hydroxyl groups excluding tert-OH is 1. The Morgan fingerprint density at radius 2 is 1.80 bits per heavy atom. The van der Waals surface area contributed by atoms with Crippen molar-refractivity contribution in [2.45, 2.75) is 32.9 Å². The van der Waals surface area contributed by atoms with Crippen molar-refractivity contribution < 1.29 is 24.2 Å². The molecule has 2 heterocycles. The highest BCUT2D eigenvalue weighted by atomic mass is 35.5. The van der Waals surface area contributed by atoms with Crippen LogP contribution in [-0.4, -0.2) is 72.1 Å². The highest BCUT2D eigenvalue weighted by Crippen LogP contribution is 2.40. The average Bonchev–Trinajstić information content (AvgIpc) is 3.09. The van der Waals surface area contributed by atoms with Gasteiger partial charge in [-0.1, -0.05) is 23.7 Å². The van der Waals surface area contributed by atoms with Crippen LogP contribution >= 0.6 is 11.6 Å². The fourth-order valence-corrected chi connectivity index (χ4v) is 4.64. The summed E-state index contributed by atoms with van der Waals surface area (Å²) in [7, 11) is 0. The summed E-state index contributed by atoms with van der Waals surface area (Å²) in [5.74, 6) is -0.797. The topological polar surface area (TPSA) is 79.3 Å². The van der Waals surface area contributed by atoms with E-state index >= 15 is 0 Å². The Morgan fingerprint density at radius 3 is 2.43 bits per heavy atom. The second kappa shape index (κ2) is 10.8. The van der Waals surface area contributed by atoms with Gasteiger partial charge in [-0.25, -0.2) is 0 Å². The van der Waals surface area contributed by atoms with Crippen LogP contribution in [0.2, 0.25) is 5.02 Å². The maximum Gasteiger partial charge on any atom is 0.295 e. The quantitative estimate of drug-likeness (QED) is 0.350. The minimum atomic E-state index is -0.708.